The molecule has 148 heavy (non-hydrogen) atoms. The second-order valence-electron chi connectivity index (χ2n) is 32.9. The standard InChI is InChI=1S/C81H94N18O43P6/c1-7-13-41-28-94(76(106)87-69(41)83)64-23-49(56(132-64)36-125-144(114,115)137-48-22-63(130-54(48)34-100)93-20-19-61(82)86-75(93)105)139-147(120,121)129-40-60-53(27-68(136-60)99-33-46(18-12-6)74(104)92-81(99)111)142-148(122,123)127-38-58-50(24-65(134-58)95-29-42(14-8-2)70(84)88-77(95)107)140-145(116,117)126-37-57-51(25-66(133-57)96-30-43(15-9-3)71(85)89-78(96)108)141-146(118,119)128-39-59-52(26-67(135-59)98-32-45(17-11-5)73(103)91-80(98)110)138-143(112,113)124-35-55-47(101)21-62(131-55)97-31-44(16-10-4)72(102)90-79(97)109/h19-20,28-33,47-60,62-68,100-101H,21-27,34-40H2,1-6H3,(H,112,113)(H,114,115)(H,116,117)(H,118,119)(H,120,121)(H,122,123)(H2,82,86,105)(H2,83,87,106)(H2,84,88,107)(H2,85,89,108)(H,90,102,109)(H,91,103,110)(H,92,104,111)/t47-,48-,49-,50-,51-,52-,53-,54+,55+,56+,57+,58+,59+,60+,62+,63+,64+,65+,66+,67+,68+/m0/s1. The number of nitrogens with zero attached hydrogens (tertiary/aromatic N) is 11. The summed E-state index contributed by atoms with van der Waals surface area (Å²) in [5.74, 6) is 29.4. The molecule has 796 valence electrons. The minimum absolute atomic E-state index is 0.0131. The fourth-order valence-electron chi connectivity index (χ4n) is 16.2. The highest BCUT2D eigenvalue weighted by Gasteiger charge is 2.53. The van der Waals surface area contributed by atoms with Gasteiger partial charge in [-0.05, 0) is 47.6 Å². The summed E-state index contributed by atoms with van der Waals surface area (Å²) < 4.78 is 200. The number of aromatic amines is 3. The van der Waals surface area contributed by atoms with Crippen LogP contribution >= 0.6 is 46.9 Å². The SMILES string of the molecule is CC#Cc1cn([C@H]2C[C@H](OP(=O)(O)OC[C@H]3O[C@@H](n4cc(C#CC)c(=O)[nH]c4=O)C[C@@H]3OP(=O)(O)OC[C@H]3O[C@@H](n4cc(C#CC)c(N)nc4=O)C[C@@H]3OP(=O)(O)OC[C@H]3O[C@@H](n4cc(C#CC)c(N)nc4=O)C[C@@H]3OP(=O)(O)OC[C@H]3O[C@@H](n4cc(C#CC)c(=O)[nH]c4=O)C[C@@H]3OP(=O)(O)OC[C@H]3O[C@@H](n4cc(C#CC)c(=O)[nH]c4=O)C[C@@H]3O)[C@@H](COP(=O)(O)O[C@H]3C[C@H](n4ccc(N)nc4=O)O[C@@H]3CO)O2)c(=O)nc1N. The monoisotopic (exact) mass is 2190 g/mol. The summed E-state index contributed by atoms with van der Waals surface area (Å²) in [6, 6.07) is 1.25. The van der Waals surface area contributed by atoms with Crippen molar-refractivity contribution in [1.29, 1.82) is 0 Å². The molecule has 14 rings (SSSR count). The molecule has 0 spiro atoms. The third-order valence-corrected chi connectivity index (χ3v) is 29.0. The minimum Gasteiger partial charge on any atom is -0.394 e. The Morgan fingerprint density at radius 2 is 0.541 bits per heavy atom. The Balaban J connectivity index is 0.691. The zero-order valence-electron chi connectivity index (χ0n) is 77.9. The number of nitrogen functional groups attached to an aromatic ring is 4. The number of nitrogens with two attached hydrogens (primary N) is 4. The van der Waals surface area contributed by atoms with Crippen LogP contribution in [0.2, 0.25) is 0 Å². The van der Waals surface area contributed by atoms with E-state index in [0.29, 0.717) is 0 Å². The average molecular weight is 2190 g/mol. The van der Waals surface area contributed by atoms with Crippen molar-refractivity contribution in [1.82, 2.24) is 66.9 Å². The van der Waals surface area contributed by atoms with Gasteiger partial charge in [0.1, 0.15) is 163 Å². The summed E-state index contributed by atoms with van der Waals surface area (Å²) in [6.45, 7) is 0.492. The van der Waals surface area contributed by atoms with Gasteiger partial charge in [-0.3, -0.25) is 116 Å². The maximum Gasteiger partial charge on any atom is 0.472 e. The minimum atomic E-state index is -5.84. The highest BCUT2D eigenvalue weighted by Crippen LogP contribution is 2.58. The molecule has 67 heteroatoms. The Labute approximate surface area is 830 Å². The third-order valence-electron chi connectivity index (χ3n) is 22.9. The highest BCUT2D eigenvalue weighted by molar-refractivity contribution is 7.48. The Bertz CT molecular complexity index is 7650. The zero-order chi connectivity index (χ0) is 107. The second kappa shape index (κ2) is 46.9. The van der Waals surface area contributed by atoms with E-state index in [2.05, 4.69) is 96.0 Å². The highest BCUT2D eigenvalue weighted by atomic mass is 31.2. The van der Waals surface area contributed by atoms with Crippen LogP contribution in [-0.4, -0.2) is 238 Å². The number of aliphatic hydroxyl groups is 2. The van der Waals surface area contributed by atoms with Gasteiger partial charge in [-0.1, -0.05) is 35.5 Å². The van der Waals surface area contributed by atoms with Crippen LogP contribution in [0.25, 0.3) is 0 Å². The predicted octanol–water partition coefficient (Wildman–Crippen LogP) is -2.40. The lowest BCUT2D eigenvalue weighted by Crippen LogP contribution is -2.34. The van der Waals surface area contributed by atoms with Crippen molar-refractivity contribution in [2.24, 2.45) is 0 Å². The summed E-state index contributed by atoms with van der Waals surface area (Å²) in [5.41, 5.74) is 12.5. The smallest absolute Gasteiger partial charge is 0.394 e. The van der Waals surface area contributed by atoms with E-state index in [0.717, 1.165) is 69.2 Å². The topological polar surface area (TPSA) is 848 Å². The number of phosphoric acid groups is 6. The number of phosphoric ester groups is 6. The summed E-state index contributed by atoms with van der Waals surface area (Å²) in [5, 5.41) is 21.2. The number of aliphatic hydroxyl groups excluding tert-OH is 2. The molecule has 0 aliphatic carbocycles. The number of ether oxygens (including phenoxy) is 7. The van der Waals surface area contributed by atoms with E-state index < -0.39 is 311 Å². The summed E-state index contributed by atoms with van der Waals surface area (Å²) in [6.07, 6.45) is -32.3. The van der Waals surface area contributed by atoms with Crippen molar-refractivity contribution in [2.45, 2.75) is 216 Å². The van der Waals surface area contributed by atoms with Crippen molar-refractivity contribution in [3.63, 3.8) is 0 Å². The van der Waals surface area contributed by atoms with Crippen LogP contribution in [-0.2, 0) is 115 Å². The molecule has 0 bridgehead atoms. The summed E-state index contributed by atoms with van der Waals surface area (Å²) in [7, 11) is -34.0. The van der Waals surface area contributed by atoms with Crippen molar-refractivity contribution in [3.05, 3.63) is 187 Å². The van der Waals surface area contributed by atoms with Gasteiger partial charge in [-0.25, -0.2) is 61.0 Å². The first kappa shape index (κ1) is 112. The van der Waals surface area contributed by atoms with E-state index in [9.17, 15) is 115 Å². The molecular formula is C81H94N18O43P6. The molecule has 14 heterocycles. The molecule has 7 aliphatic heterocycles. The van der Waals surface area contributed by atoms with Crippen molar-refractivity contribution >= 4 is 70.2 Å². The average Bonchev–Trinajstić information content (AvgIpc) is 1.65. The van der Waals surface area contributed by atoms with Gasteiger partial charge in [0.05, 0.1) is 69.0 Å². The van der Waals surface area contributed by atoms with Crippen LogP contribution in [0, 0.1) is 71.0 Å². The van der Waals surface area contributed by atoms with E-state index in [-0.39, 0.29) is 69.5 Å². The molecule has 7 aromatic heterocycles. The molecule has 27 atom stereocenters. The number of nitrogens with one attached hydrogen (secondary N) is 3. The first-order valence-electron chi connectivity index (χ1n) is 43.9. The van der Waals surface area contributed by atoms with Gasteiger partial charge >= 0.3 is 86.8 Å². The predicted molar refractivity (Wildman–Crippen MR) is 498 cm³/mol. The molecule has 0 amide bonds. The number of rotatable bonds is 38. The number of hydrogen-bond acceptors (Lipinski definition) is 45. The molecule has 7 aromatic rings. The zero-order valence-corrected chi connectivity index (χ0v) is 83.3. The number of anilines is 4. The molecule has 6 unspecified atom stereocenters. The maximum absolute atomic E-state index is 14.7. The van der Waals surface area contributed by atoms with Crippen molar-refractivity contribution < 1.29 is 154 Å². The molecule has 7 aliphatic rings. The number of H-pyrrole nitrogens is 3. The lowest BCUT2D eigenvalue weighted by Gasteiger charge is -2.26. The first-order chi connectivity index (χ1) is 70.0. The van der Waals surface area contributed by atoms with Gasteiger partial charge in [-0.2, -0.15) is 19.9 Å². The molecule has 61 nitrogen and oxygen atoms in total. The van der Waals surface area contributed by atoms with Crippen molar-refractivity contribution in [2.75, 3.05) is 69.2 Å². The van der Waals surface area contributed by atoms with Crippen LogP contribution in [0.5, 0.6) is 0 Å². The van der Waals surface area contributed by atoms with E-state index in [1.165, 1.54) is 53.8 Å². The van der Waals surface area contributed by atoms with Gasteiger partial charge in [0.25, 0.3) is 16.7 Å². The molecule has 7 fully saturated rings. The normalized spacial score (nSPS) is 28.0. The largest absolute Gasteiger partial charge is 0.472 e. The summed E-state index contributed by atoms with van der Waals surface area (Å²) >= 11 is 0. The molecular weight excluding hydrogens is 2100 g/mol. The van der Waals surface area contributed by atoms with E-state index >= 15 is 0 Å². The fourth-order valence-corrected chi connectivity index (χ4v) is 22.0. The van der Waals surface area contributed by atoms with Gasteiger partial charge in [0.15, 0.2) is 0 Å². The Kier molecular flexibility index (Phi) is 35.5. The Hall–Kier alpha value is -11.6. The van der Waals surface area contributed by atoms with Crippen LogP contribution in [0.4, 0.5) is 23.3 Å². The second-order valence-corrected chi connectivity index (χ2v) is 41.3. The summed E-state index contributed by atoms with van der Waals surface area (Å²) in [4.78, 5) is 222. The fraction of sp³-hybridized carbons (Fsp3) is 0.506. The Morgan fingerprint density at radius 1 is 0.324 bits per heavy atom. The number of hydrogen-bond donors (Lipinski definition) is 15. The van der Waals surface area contributed by atoms with Gasteiger partial charge < -0.3 is 95.7 Å². The maximum atomic E-state index is 14.7. The Morgan fingerprint density at radius 3 is 0.804 bits per heavy atom. The van der Waals surface area contributed by atoms with Crippen molar-refractivity contribution in [3.8, 4) is 71.0 Å². The van der Waals surface area contributed by atoms with Crippen LogP contribution in [0.1, 0.15) is 163 Å². The first-order valence-corrected chi connectivity index (χ1v) is 52.9. The molecule has 0 aromatic carbocycles. The van der Waals surface area contributed by atoms with Gasteiger partial charge in [-0.15, -0.1) is 35.5 Å². The lowest BCUT2D eigenvalue weighted by atomic mass is 10.2. The van der Waals surface area contributed by atoms with Crippen LogP contribution < -0.4 is 79.4 Å². The van der Waals surface area contributed by atoms with Crippen LogP contribution in [0.15, 0.2) is 97.4 Å². The van der Waals surface area contributed by atoms with Crippen LogP contribution in [0.3, 0.4) is 0 Å². The van der Waals surface area contributed by atoms with Gasteiger partial charge in [0.2, 0.25) is 0 Å². The van der Waals surface area contributed by atoms with E-state index in [4.69, 9.17) is 110 Å². The lowest BCUT2D eigenvalue weighted by molar-refractivity contribution is -0.0661. The molecule has 19 N–H and O–H groups in total. The molecule has 0 saturated carbocycles. The quantitative estimate of drug-likeness (QED) is 0.0142. The van der Waals surface area contributed by atoms with E-state index in [1.807, 2.05) is 9.97 Å². The third kappa shape index (κ3) is 27.4. The van der Waals surface area contributed by atoms with Gasteiger partial charge in [0, 0.05) is 88.3 Å². The van der Waals surface area contributed by atoms with E-state index in [1.54, 1.807) is 0 Å². The number of aromatic nitrogens is 14. The molecule has 0 radical (unpaired) electrons. The molecule has 7 saturated heterocycles.